The monoisotopic (exact) mass is 268 g/mol. The Labute approximate surface area is 117 Å². The summed E-state index contributed by atoms with van der Waals surface area (Å²) >= 11 is 1.81. The van der Waals surface area contributed by atoms with E-state index in [9.17, 15) is 0 Å². The van der Waals surface area contributed by atoms with Crippen molar-refractivity contribution in [3.05, 3.63) is 65.3 Å². The maximum absolute atomic E-state index is 4.16. The minimum Gasteiger partial charge on any atom is -0.306 e. The quantitative estimate of drug-likeness (QED) is 0.769. The lowest BCUT2D eigenvalue weighted by atomic mass is 10.1. The third kappa shape index (κ3) is 2.67. The Kier molecular flexibility index (Phi) is 3.58. The molecular weight excluding hydrogens is 252 g/mol. The van der Waals surface area contributed by atoms with E-state index in [0.717, 1.165) is 6.54 Å². The maximum atomic E-state index is 4.16. The summed E-state index contributed by atoms with van der Waals surface area (Å²) in [4.78, 5) is 4.16. The summed E-state index contributed by atoms with van der Waals surface area (Å²) in [6.07, 6.45) is 3.73. The van der Waals surface area contributed by atoms with E-state index in [1.54, 1.807) is 0 Å². The maximum Gasteiger partial charge on any atom is 0.0346 e. The van der Waals surface area contributed by atoms with Gasteiger partial charge in [0.2, 0.25) is 0 Å². The summed E-state index contributed by atoms with van der Waals surface area (Å²) in [6.45, 7) is 3.06. The van der Waals surface area contributed by atoms with E-state index in [2.05, 4.69) is 52.9 Å². The molecule has 0 aliphatic heterocycles. The third-order valence-electron chi connectivity index (χ3n) is 3.34. The fourth-order valence-electron chi connectivity index (χ4n) is 2.18. The molecule has 3 aromatic rings. The summed E-state index contributed by atoms with van der Waals surface area (Å²) in [5.74, 6) is 0. The van der Waals surface area contributed by atoms with Crippen LogP contribution in [-0.2, 0) is 6.54 Å². The summed E-state index contributed by atoms with van der Waals surface area (Å²) < 4.78 is 1.35. The van der Waals surface area contributed by atoms with Gasteiger partial charge in [0.05, 0.1) is 0 Å². The Hall–Kier alpha value is -1.71. The number of pyridine rings is 1. The molecule has 0 saturated carbocycles. The molecule has 1 atom stereocenters. The van der Waals surface area contributed by atoms with Crippen molar-refractivity contribution in [3.8, 4) is 0 Å². The Bertz CT molecular complexity index is 661. The van der Waals surface area contributed by atoms with Gasteiger partial charge in [-0.2, -0.15) is 0 Å². The lowest BCUT2D eigenvalue weighted by molar-refractivity contribution is 0.575. The zero-order valence-electron chi connectivity index (χ0n) is 10.8. The number of rotatable bonds is 4. The Morgan fingerprint density at radius 2 is 2.11 bits per heavy atom. The molecule has 0 saturated heterocycles. The van der Waals surface area contributed by atoms with Gasteiger partial charge in [-0.05, 0) is 40.9 Å². The number of aromatic nitrogens is 1. The number of nitrogens with one attached hydrogen (secondary N) is 1. The molecule has 1 aromatic carbocycles. The molecule has 3 heteroatoms. The lowest BCUT2D eigenvalue weighted by Crippen LogP contribution is -2.17. The molecule has 0 aliphatic rings. The van der Waals surface area contributed by atoms with Crippen LogP contribution in [0.1, 0.15) is 24.1 Å². The first-order valence-corrected chi connectivity index (χ1v) is 7.31. The molecule has 0 bridgehead atoms. The molecule has 0 unspecified atom stereocenters. The Balaban J connectivity index is 1.73. The standard InChI is InChI=1S/C16H16N2S/c1-12(13-5-4-8-17-9-13)18-10-14-11-19-16-7-3-2-6-15(14)16/h2-9,11-12,18H,10H2,1H3/t12-/m1/s1. The SMILES string of the molecule is C[C@@H](NCc1csc2ccccc12)c1cccnc1. The van der Waals surface area contributed by atoms with Crippen molar-refractivity contribution in [2.75, 3.05) is 0 Å². The van der Waals surface area contributed by atoms with Crippen LogP contribution in [0, 0.1) is 0 Å². The normalized spacial score (nSPS) is 12.7. The van der Waals surface area contributed by atoms with Gasteiger partial charge in [-0.25, -0.2) is 0 Å². The number of hydrogen-bond acceptors (Lipinski definition) is 3. The number of thiophene rings is 1. The molecular formula is C16H16N2S. The number of fused-ring (bicyclic) bond motifs is 1. The molecule has 0 aliphatic carbocycles. The van der Waals surface area contributed by atoms with E-state index in [0.29, 0.717) is 6.04 Å². The molecule has 19 heavy (non-hydrogen) atoms. The number of benzene rings is 1. The lowest BCUT2D eigenvalue weighted by Gasteiger charge is -2.13. The van der Waals surface area contributed by atoms with Crippen LogP contribution in [-0.4, -0.2) is 4.98 Å². The topological polar surface area (TPSA) is 24.9 Å². The van der Waals surface area contributed by atoms with Crippen molar-refractivity contribution in [2.45, 2.75) is 19.5 Å². The molecule has 2 heterocycles. The van der Waals surface area contributed by atoms with E-state index >= 15 is 0 Å². The van der Waals surface area contributed by atoms with Gasteiger partial charge in [0.15, 0.2) is 0 Å². The van der Waals surface area contributed by atoms with Crippen molar-refractivity contribution >= 4 is 21.4 Å². The van der Waals surface area contributed by atoms with E-state index in [1.165, 1.54) is 21.2 Å². The van der Waals surface area contributed by atoms with Gasteiger partial charge >= 0.3 is 0 Å². The van der Waals surface area contributed by atoms with Crippen LogP contribution in [0.5, 0.6) is 0 Å². The second kappa shape index (κ2) is 5.51. The van der Waals surface area contributed by atoms with Crippen molar-refractivity contribution in [2.24, 2.45) is 0 Å². The fraction of sp³-hybridized carbons (Fsp3) is 0.188. The van der Waals surface area contributed by atoms with Crippen molar-refractivity contribution in [1.29, 1.82) is 0 Å². The first-order chi connectivity index (χ1) is 9.34. The average Bonchev–Trinajstić information content (AvgIpc) is 2.89. The first kappa shape index (κ1) is 12.3. The Morgan fingerprint density at radius 1 is 1.21 bits per heavy atom. The minimum atomic E-state index is 0.312. The van der Waals surface area contributed by atoms with Crippen LogP contribution >= 0.6 is 11.3 Å². The third-order valence-corrected chi connectivity index (χ3v) is 4.36. The number of hydrogen-bond donors (Lipinski definition) is 1. The summed E-state index contributed by atoms with van der Waals surface area (Å²) in [7, 11) is 0. The smallest absolute Gasteiger partial charge is 0.0346 e. The summed E-state index contributed by atoms with van der Waals surface area (Å²) in [5, 5.41) is 7.16. The van der Waals surface area contributed by atoms with Gasteiger partial charge in [0.25, 0.3) is 0 Å². The van der Waals surface area contributed by atoms with Crippen LogP contribution < -0.4 is 5.32 Å². The molecule has 1 N–H and O–H groups in total. The predicted molar refractivity (Wildman–Crippen MR) is 81.3 cm³/mol. The van der Waals surface area contributed by atoms with Crippen LogP contribution in [0.4, 0.5) is 0 Å². The van der Waals surface area contributed by atoms with Crippen LogP contribution in [0.3, 0.4) is 0 Å². The highest BCUT2D eigenvalue weighted by molar-refractivity contribution is 7.17. The minimum absolute atomic E-state index is 0.312. The van der Waals surface area contributed by atoms with Gasteiger partial charge in [0.1, 0.15) is 0 Å². The van der Waals surface area contributed by atoms with Gasteiger partial charge in [-0.1, -0.05) is 24.3 Å². The summed E-state index contributed by atoms with van der Waals surface area (Å²) in [6, 6.07) is 13.0. The van der Waals surface area contributed by atoms with Crippen molar-refractivity contribution < 1.29 is 0 Å². The van der Waals surface area contributed by atoms with Crippen molar-refractivity contribution in [1.82, 2.24) is 10.3 Å². The zero-order chi connectivity index (χ0) is 13.1. The molecule has 3 rings (SSSR count). The Morgan fingerprint density at radius 3 is 2.95 bits per heavy atom. The molecule has 2 nitrogen and oxygen atoms in total. The first-order valence-electron chi connectivity index (χ1n) is 6.43. The average molecular weight is 268 g/mol. The molecule has 2 aromatic heterocycles. The zero-order valence-corrected chi connectivity index (χ0v) is 11.7. The highest BCUT2D eigenvalue weighted by Crippen LogP contribution is 2.26. The van der Waals surface area contributed by atoms with Crippen LogP contribution in [0.2, 0.25) is 0 Å². The van der Waals surface area contributed by atoms with Crippen molar-refractivity contribution in [3.63, 3.8) is 0 Å². The molecule has 0 spiro atoms. The highest BCUT2D eigenvalue weighted by Gasteiger charge is 2.07. The van der Waals surface area contributed by atoms with Gasteiger partial charge in [0, 0.05) is 29.7 Å². The van der Waals surface area contributed by atoms with E-state index in [-0.39, 0.29) is 0 Å². The van der Waals surface area contributed by atoms with Gasteiger partial charge in [-0.15, -0.1) is 11.3 Å². The van der Waals surface area contributed by atoms with Crippen LogP contribution in [0.25, 0.3) is 10.1 Å². The van der Waals surface area contributed by atoms with Gasteiger partial charge < -0.3 is 5.32 Å². The molecule has 0 amide bonds. The molecule has 0 radical (unpaired) electrons. The fourth-order valence-corrected chi connectivity index (χ4v) is 3.15. The molecule has 0 fully saturated rings. The van der Waals surface area contributed by atoms with Crippen LogP contribution in [0.15, 0.2) is 54.2 Å². The second-order valence-corrected chi connectivity index (χ2v) is 5.56. The van der Waals surface area contributed by atoms with E-state index in [4.69, 9.17) is 0 Å². The second-order valence-electron chi connectivity index (χ2n) is 4.65. The number of nitrogens with zero attached hydrogens (tertiary/aromatic N) is 1. The van der Waals surface area contributed by atoms with E-state index in [1.807, 2.05) is 29.8 Å². The van der Waals surface area contributed by atoms with E-state index < -0.39 is 0 Å². The summed E-state index contributed by atoms with van der Waals surface area (Å²) in [5.41, 5.74) is 2.60. The highest BCUT2D eigenvalue weighted by atomic mass is 32.1. The molecule has 96 valence electrons. The van der Waals surface area contributed by atoms with Gasteiger partial charge in [-0.3, -0.25) is 4.98 Å². The largest absolute Gasteiger partial charge is 0.306 e. The predicted octanol–water partition coefficient (Wildman–Crippen LogP) is 4.15.